The van der Waals surface area contributed by atoms with Gasteiger partial charge in [-0.25, -0.2) is 0 Å². The Labute approximate surface area is 122 Å². The first-order valence-corrected chi connectivity index (χ1v) is 8.74. The van der Waals surface area contributed by atoms with Crippen molar-refractivity contribution >= 4 is 0 Å². The van der Waals surface area contributed by atoms with Gasteiger partial charge in [0.15, 0.2) is 0 Å². The van der Waals surface area contributed by atoms with Crippen LogP contribution in [0.25, 0.3) is 0 Å². The molecule has 0 amide bonds. The molecule has 0 aliphatic rings. The van der Waals surface area contributed by atoms with Crippen molar-refractivity contribution in [3.05, 3.63) is 0 Å². The van der Waals surface area contributed by atoms with Gasteiger partial charge in [0.05, 0.1) is 0 Å². The highest BCUT2D eigenvalue weighted by molar-refractivity contribution is 4.62. The monoisotopic (exact) mass is 270 g/mol. The Kier molecular flexibility index (Phi) is 12.9. The zero-order valence-electron chi connectivity index (χ0n) is 14.0. The van der Waals surface area contributed by atoms with Crippen LogP contribution < -0.4 is 0 Å². The van der Waals surface area contributed by atoms with Crippen LogP contribution in [0.15, 0.2) is 0 Å². The molecule has 0 aliphatic carbocycles. The number of unbranched alkanes of at least 4 members (excludes halogenated alkanes) is 1. The standard InChI is InChI=1S/C18H38O/c1-5-9-16(3)11-7-8-12-18(15-19)14-13-17(4)10-6-2/h16-19H,5-15H2,1-4H3. The van der Waals surface area contributed by atoms with Gasteiger partial charge in [0.2, 0.25) is 0 Å². The summed E-state index contributed by atoms with van der Waals surface area (Å²) in [6, 6.07) is 0. The van der Waals surface area contributed by atoms with E-state index in [1.54, 1.807) is 0 Å². The minimum absolute atomic E-state index is 0.392. The van der Waals surface area contributed by atoms with Crippen molar-refractivity contribution in [3.63, 3.8) is 0 Å². The molecule has 0 aromatic heterocycles. The number of rotatable bonds is 13. The highest BCUT2D eigenvalue weighted by Crippen LogP contribution is 2.22. The Morgan fingerprint density at radius 2 is 1.21 bits per heavy atom. The van der Waals surface area contributed by atoms with E-state index in [9.17, 15) is 5.11 Å². The molecule has 1 heteroatoms. The molecule has 1 N–H and O–H groups in total. The van der Waals surface area contributed by atoms with Crippen LogP contribution in [0.3, 0.4) is 0 Å². The highest BCUT2D eigenvalue weighted by Gasteiger charge is 2.10. The molecule has 0 aromatic carbocycles. The van der Waals surface area contributed by atoms with E-state index in [0.717, 1.165) is 11.8 Å². The normalized spacial score (nSPS) is 16.3. The summed E-state index contributed by atoms with van der Waals surface area (Å²) in [6.07, 6.45) is 13.1. The molecule has 0 saturated heterocycles. The van der Waals surface area contributed by atoms with Crippen molar-refractivity contribution in [3.8, 4) is 0 Å². The van der Waals surface area contributed by atoms with Gasteiger partial charge in [-0.05, 0) is 30.6 Å². The van der Waals surface area contributed by atoms with Crippen molar-refractivity contribution in [1.29, 1.82) is 0 Å². The SMILES string of the molecule is CCCC(C)CCCCC(CO)CCC(C)CCC. The largest absolute Gasteiger partial charge is 0.396 e. The second kappa shape index (κ2) is 13.0. The minimum Gasteiger partial charge on any atom is -0.396 e. The van der Waals surface area contributed by atoms with Crippen LogP contribution >= 0.6 is 0 Å². The maximum atomic E-state index is 9.46. The molecule has 0 bridgehead atoms. The zero-order valence-corrected chi connectivity index (χ0v) is 14.0. The molecule has 19 heavy (non-hydrogen) atoms. The lowest BCUT2D eigenvalue weighted by Gasteiger charge is -2.17. The molecule has 0 heterocycles. The van der Waals surface area contributed by atoms with Gasteiger partial charge in [0.1, 0.15) is 0 Å². The molecular formula is C18H38O. The predicted molar refractivity (Wildman–Crippen MR) is 86.4 cm³/mol. The van der Waals surface area contributed by atoms with Crippen LogP contribution in [0.5, 0.6) is 0 Å². The van der Waals surface area contributed by atoms with Crippen LogP contribution in [-0.2, 0) is 0 Å². The summed E-state index contributed by atoms with van der Waals surface area (Å²) in [5.41, 5.74) is 0. The Balaban J connectivity index is 3.59. The molecule has 0 saturated carbocycles. The van der Waals surface area contributed by atoms with Gasteiger partial charge >= 0.3 is 0 Å². The first kappa shape index (κ1) is 19.0. The Morgan fingerprint density at radius 1 is 0.684 bits per heavy atom. The molecule has 0 radical (unpaired) electrons. The number of hydrogen-bond acceptors (Lipinski definition) is 1. The Bertz CT molecular complexity index is 179. The average Bonchev–Trinajstić information content (AvgIpc) is 2.38. The summed E-state index contributed by atoms with van der Waals surface area (Å²) in [7, 11) is 0. The fourth-order valence-corrected chi connectivity index (χ4v) is 3.05. The van der Waals surface area contributed by atoms with E-state index in [4.69, 9.17) is 0 Å². The van der Waals surface area contributed by atoms with Gasteiger partial charge in [0.25, 0.3) is 0 Å². The van der Waals surface area contributed by atoms with E-state index in [-0.39, 0.29) is 0 Å². The first-order chi connectivity index (χ1) is 9.13. The maximum absolute atomic E-state index is 9.46. The van der Waals surface area contributed by atoms with Gasteiger partial charge < -0.3 is 5.11 Å². The third kappa shape index (κ3) is 11.5. The van der Waals surface area contributed by atoms with E-state index in [2.05, 4.69) is 27.7 Å². The lowest BCUT2D eigenvalue weighted by Crippen LogP contribution is -2.08. The van der Waals surface area contributed by atoms with Gasteiger partial charge in [-0.1, -0.05) is 79.1 Å². The van der Waals surface area contributed by atoms with E-state index < -0.39 is 0 Å². The summed E-state index contributed by atoms with van der Waals surface area (Å²) >= 11 is 0. The summed E-state index contributed by atoms with van der Waals surface area (Å²) in [5, 5.41) is 9.46. The summed E-state index contributed by atoms with van der Waals surface area (Å²) in [5.74, 6) is 2.28. The van der Waals surface area contributed by atoms with E-state index in [1.165, 1.54) is 64.2 Å². The zero-order chi connectivity index (χ0) is 14.5. The molecule has 3 atom stereocenters. The fourth-order valence-electron chi connectivity index (χ4n) is 3.05. The smallest absolute Gasteiger partial charge is 0.0459 e. The summed E-state index contributed by atoms with van der Waals surface area (Å²) in [4.78, 5) is 0. The molecule has 0 spiro atoms. The molecule has 0 rings (SSSR count). The highest BCUT2D eigenvalue weighted by atomic mass is 16.3. The molecule has 3 unspecified atom stereocenters. The fraction of sp³-hybridized carbons (Fsp3) is 1.00. The second-order valence-electron chi connectivity index (χ2n) is 6.70. The molecule has 0 aromatic rings. The number of hydrogen-bond donors (Lipinski definition) is 1. The van der Waals surface area contributed by atoms with Gasteiger partial charge in [-0.3, -0.25) is 0 Å². The second-order valence-corrected chi connectivity index (χ2v) is 6.70. The van der Waals surface area contributed by atoms with Gasteiger partial charge in [0, 0.05) is 6.61 Å². The van der Waals surface area contributed by atoms with Crippen molar-refractivity contribution in [1.82, 2.24) is 0 Å². The van der Waals surface area contributed by atoms with E-state index in [1.807, 2.05) is 0 Å². The van der Waals surface area contributed by atoms with Crippen LogP contribution in [0.1, 0.15) is 91.9 Å². The summed E-state index contributed by atoms with van der Waals surface area (Å²) in [6.45, 7) is 9.65. The van der Waals surface area contributed by atoms with E-state index in [0.29, 0.717) is 12.5 Å². The van der Waals surface area contributed by atoms with Crippen molar-refractivity contribution in [2.45, 2.75) is 91.9 Å². The van der Waals surface area contributed by atoms with Crippen molar-refractivity contribution in [2.75, 3.05) is 6.61 Å². The van der Waals surface area contributed by atoms with Crippen LogP contribution in [0.2, 0.25) is 0 Å². The third-order valence-electron chi connectivity index (χ3n) is 4.45. The average molecular weight is 271 g/mol. The molecular weight excluding hydrogens is 232 g/mol. The van der Waals surface area contributed by atoms with Crippen LogP contribution in [-0.4, -0.2) is 11.7 Å². The lowest BCUT2D eigenvalue weighted by molar-refractivity contribution is 0.198. The van der Waals surface area contributed by atoms with Gasteiger partial charge in [-0.15, -0.1) is 0 Å². The quantitative estimate of drug-likeness (QED) is 0.419. The molecule has 1 nitrogen and oxygen atoms in total. The number of aliphatic hydroxyl groups excluding tert-OH is 1. The summed E-state index contributed by atoms with van der Waals surface area (Å²) < 4.78 is 0. The van der Waals surface area contributed by atoms with Gasteiger partial charge in [-0.2, -0.15) is 0 Å². The predicted octanol–water partition coefficient (Wildman–Crippen LogP) is 5.81. The lowest BCUT2D eigenvalue weighted by atomic mass is 9.90. The first-order valence-electron chi connectivity index (χ1n) is 8.74. The topological polar surface area (TPSA) is 20.2 Å². The molecule has 116 valence electrons. The van der Waals surface area contributed by atoms with Crippen molar-refractivity contribution in [2.24, 2.45) is 17.8 Å². The van der Waals surface area contributed by atoms with Crippen LogP contribution in [0.4, 0.5) is 0 Å². The molecule has 0 aliphatic heterocycles. The molecule has 0 fully saturated rings. The maximum Gasteiger partial charge on any atom is 0.0459 e. The Hall–Kier alpha value is -0.0400. The third-order valence-corrected chi connectivity index (χ3v) is 4.45. The number of aliphatic hydroxyl groups is 1. The Morgan fingerprint density at radius 3 is 1.74 bits per heavy atom. The van der Waals surface area contributed by atoms with E-state index >= 15 is 0 Å². The van der Waals surface area contributed by atoms with Crippen LogP contribution in [0, 0.1) is 17.8 Å². The minimum atomic E-state index is 0.392. The van der Waals surface area contributed by atoms with Crippen molar-refractivity contribution < 1.29 is 5.11 Å².